The van der Waals surface area contributed by atoms with Crippen molar-refractivity contribution in [2.24, 2.45) is 0 Å². The number of nitrogens with one attached hydrogen (secondary N) is 2. The predicted molar refractivity (Wildman–Crippen MR) is 69.2 cm³/mol. The van der Waals surface area contributed by atoms with Gasteiger partial charge in [0, 0.05) is 12.1 Å². The molecule has 0 unspecified atom stereocenters. The maximum absolute atomic E-state index is 11.6. The summed E-state index contributed by atoms with van der Waals surface area (Å²) in [5.41, 5.74) is 0.737. The van der Waals surface area contributed by atoms with Gasteiger partial charge in [-0.15, -0.1) is 0 Å². The standard InChI is InChI=1S/C13H17ClN2O/c1-15-12(17)16-13(8-4-5-9-13)10-6-2-3-7-11(10)14/h2-3,6-7H,4-5,8-9H2,1H3,(H2,15,16,17). The van der Waals surface area contributed by atoms with Gasteiger partial charge in [0.15, 0.2) is 0 Å². The van der Waals surface area contributed by atoms with Gasteiger partial charge in [-0.1, -0.05) is 42.6 Å². The molecule has 3 nitrogen and oxygen atoms in total. The van der Waals surface area contributed by atoms with E-state index in [9.17, 15) is 4.79 Å². The number of rotatable bonds is 2. The first kappa shape index (κ1) is 12.2. The van der Waals surface area contributed by atoms with Crippen LogP contribution in [0.2, 0.25) is 5.02 Å². The number of amides is 2. The third-order valence-corrected chi connectivity index (χ3v) is 3.76. The van der Waals surface area contributed by atoms with Crippen molar-refractivity contribution in [3.8, 4) is 0 Å². The molecule has 17 heavy (non-hydrogen) atoms. The van der Waals surface area contributed by atoms with E-state index in [1.165, 1.54) is 0 Å². The largest absolute Gasteiger partial charge is 0.341 e. The van der Waals surface area contributed by atoms with E-state index in [2.05, 4.69) is 10.6 Å². The Morgan fingerprint density at radius 3 is 2.53 bits per heavy atom. The number of carbonyl (C=O) groups is 1. The molecular weight excluding hydrogens is 236 g/mol. The fourth-order valence-electron chi connectivity index (χ4n) is 2.57. The third-order valence-electron chi connectivity index (χ3n) is 3.43. The van der Waals surface area contributed by atoms with E-state index in [0.29, 0.717) is 0 Å². The van der Waals surface area contributed by atoms with Gasteiger partial charge in [-0.2, -0.15) is 0 Å². The Hall–Kier alpha value is -1.22. The van der Waals surface area contributed by atoms with Crippen LogP contribution in [0.5, 0.6) is 0 Å². The van der Waals surface area contributed by atoms with E-state index >= 15 is 0 Å². The molecule has 0 aromatic heterocycles. The lowest BCUT2D eigenvalue weighted by molar-refractivity contribution is 0.226. The molecule has 0 heterocycles. The molecule has 4 heteroatoms. The molecule has 92 valence electrons. The second-order valence-corrected chi connectivity index (χ2v) is 4.88. The third kappa shape index (κ3) is 2.39. The van der Waals surface area contributed by atoms with E-state index in [0.717, 1.165) is 36.3 Å². The maximum atomic E-state index is 11.6. The highest BCUT2D eigenvalue weighted by atomic mass is 35.5. The lowest BCUT2D eigenvalue weighted by Gasteiger charge is -2.31. The van der Waals surface area contributed by atoms with Crippen molar-refractivity contribution in [3.05, 3.63) is 34.9 Å². The molecule has 1 aromatic carbocycles. The Kier molecular flexibility index (Phi) is 3.57. The van der Waals surface area contributed by atoms with E-state index in [4.69, 9.17) is 11.6 Å². The lowest BCUT2D eigenvalue weighted by Crippen LogP contribution is -2.47. The number of halogens is 1. The summed E-state index contributed by atoms with van der Waals surface area (Å²) in [5.74, 6) is 0. The van der Waals surface area contributed by atoms with Crippen LogP contribution in [0.1, 0.15) is 31.2 Å². The van der Waals surface area contributed by atoms with Crippen LogP contribution in [0.25, 0.3) is 0 Å². The average Bonchev–Trinajstić information content (AvgIpc) is 2.79. The molecule has 0 atom stereocenters. The first-order valence-corrected chi connectivity index (χ1v) is 6.31. The summed E-state index contributed by atoms with van der Waals surface area (Å²) in [6.07, 6.45) is 4.14. The van der Waals surface area contributed by atoms with Crippen LogP contribution in [0.3, 0.4) is 0 Å². The van der Waals surface area contributed by atoms with Gasteiger partial charge in [0.1, 0.15) is 0 Å². The van der Waals surface area contributed by atoms with Crippen molar-refractivity contribution < 1.29 is 4.79 Å². The number of benzene rings is 1. The summed E-state index contributed by atoms with van der Waals surface area (Å²) in [6.45, 7) is 0. The van der Waals surface area contributed by atoms with Gasteiger partial charge in [0.2, 0.25) is 0 Å². The Morgan fingerprint density at radius 2 is 1.94 bits per heavy atom. The molecule has 2 rings (SSSR count). The molecule has 1 fully saturated rings. The van der Waals surface area contributed by atoms with Crippen LogP contribution >= 0.6 is 11.6 Å². The highest BCUT2D eigenvalue weighted by Crippen LogP contribution is 2.41. The summed E-state index contributed by atoms with van der Waals surface area (Å²) >= 11 is 6.25. The second kappa shape index (κ2) is 4.96. The zero-order chi connectivity index (χ0) is 12.3. The first-order valence-electron chi connectivity index (χ1n) is 5.93. The molecule has 0 bridgehead atoms. The van der Waals surface area contributed by atoms with Crippen LogP contribution in [-0.4, -0.2) is 13.1 Å². The smallest absolute Gasteiger partial charge is 0.315 e. The number of hydrogen-bond donors (Lipinski definition) is 2. The van der Waals surface area contributed by atoms with Gasteiger partial charge in [0.05, 0.1) is 5.54 Å². The van der Waals surface area contributed by atoms with Crippen LogP contribution in [0, 0.1) is 0 Å². The number of hydrogen-bond acceptors (Lipinski definition) is 1. The van der Waals surface area contributed by atoms with Crippen molar-refractivity contribution in [3.63, 3.8) is 0 Å². The van der Waals surface area contributed by atoms with E-state index < -0.39 is 0 Å². The van der Waals surface area contributed by atoms with Gasteiger partial charge in [-0.05, 0) is 24.5 Å². The zero-order valence-electron chi connectivity index (χ0n) is 9.92. The molecule has 1 aliphatic carbocycles. The summed E-state index contributed by atoms with van der Waals surface area (Å²) in [5, 5.41) is 6.40. The molecular formula is C13H17ClN2O. The van der Waals surface area contributed by atoms with Crippen molar-refractivity contribution in [2.45, 2.75) is 31.2 Å². The minimum atomic E-state index is -0.293. The van der Waals surface area contributed by atoms with Crippen molar-refractivity contribution >= 4 is 17.6 Å². The average molecular weight is 253 g/mol. The fourth-order valence-corrected chi connectivity index (χ4v) is 2.89. The van der Waals surface area contributed by atoms with Crippen LogP contribution < -0.4 is 10.6 Å². The topological polar surface area (TPSA) is 41.1 Å². The highest BCUT2D eigenvalue weighted by Gasteiger charge is 2.38. The molecule has 1 saturated carbocycles. The SMILES string of the molecule is CNC(=O)NC1(c2ccccc2Cl)CCCC1. The Labute approximate surface area is 107 Å². The highest BCUT2D eigenvalue weighted by molar-refractivity contribution is 6.31. The summed E-state index contributed by atoms with van der Waals surface area (Å²) in [7, 11) is 1.63. The lowest BCUT2D eigenvalue weighted by atomic mass is 9.88. The Bertz CT molecular complexity index is 414. The maximum Gasteiger partial charge on any atom is 0.315 e. The van der Waals surface area contributed by atoms with Gasteiger partial charge in [-0.3, -0.25) is 0 Å². The fraction of sp³-hybridized carbons (Fsp3) is 0.462. The van der Waals surface area contributed by atoms with Gasteiger partial charge >= 0.3 is 6.03 Å². The number of urea groups is 1. The molecule has 0 aliphatic heterocycles. The van der Waals surface area contributed by atoms with Crippen molar-refractivity contribution in [2.75, 3.05) is 7.05 Å². The van der Waals surface area contributed by atoms with Gasteiger partial charge in [0.25, 0.3) is 0 Å². The van der Waals surface area contributed by atoms with Gasteiger partial charge < -0.3 is 10.6 Å². The minimum absolute atomic E-state index is 0.146. The molecule has 1 aromatic rings. The molecule has 2 amide bonds. The predicted octanol–water partition coefficient (Wildman–Crippen LogP) is 3.04. The van der Waals surface area contributed by atoms with Gasteiger partial charge in [-0.25, -0.2) is 4.79 Å². The monoisotopic (exact) mass is 252 g/mol. The van der Waals surface area contributed by atoms with Crippen molar-refractivity contribution in [1.82, 2.24) is 10.6 Å². The normalized spacial score (nSPS) is 17.8. The molecule has 1 aliphatic rings. The minimum Gasteiger partial charge on any atom is -0.341 e. The van der Waals surface area contributed by atoms with E-state index in [-0.39, 0.29) is 11.6 Å². The quantitative estimate of drug-likeness (QED) is 0.835. The van der Waals surface area contributed by atoms with E-state index in [1.54, 1.807) is 7.05 Å². The first-order chi connectivity index (χ1) is 8.18. The zero-order valence-corrected chi connectivity index (χ0v) is 10.7. The number of carbonyl (C=O) groups excluding carboxylic acids is 1. The molecule has 0 spiro atoms. The van der Waals surface area contributed by atoms with Crippen LogP contribution in [0.4, 0.5) is 4.79 Å². The second-order valence-electron chi connectivity index (χ2n) is 4.47. The Balaban J connectivity index is 2.34. The van der Waals surface area contributed by atoms with Crippen LogP contribution in [0.15, 0.2) is 24.3 Å². The summed E-state index contributed by atoms with van der Waals surface area (Å²) in [6, 6.07) is 7.61. The summed E-state index contributed by atoms with van der Waals surface area (Å²) < 4.78 is 0. The molecule has 0 saturated heterocycles. The Morgan fingerprint density at radius 1 is 1.29 bits per heavy atom. The molecule has 2 N–H and O–H groups in total. The summed E-state index contributed by atoms with van der Waals surface area (Å²) in [4.78, 5) is 11.6. The van der Waals surface area contributed by atoms with Crippen molar-refractivity contribution in [1.29, 1.82) is 0 Å². The molecule has 0 radical (unpaired) electrons. The van der Waals surface area contributed by atoms with Crippen LogP contribution in [-0.2, 0) is 5.54 Å². The van der Waals surface area contributed by atoms with E-state index in [1.807, 2.05) is 24.3 Å².